The minimum atomic E-state index is -0.481. The fourth-order valence-electron chi connectivity index (χ4n) is 4.38. The second kappa shape index (κ2) is 12.3. The maximum absolute atomic E-state index is 12.6. The largest absolute Gasteiger partial charge is 0.493 e. The molecule has 8 nitrogen and oxygen atoms in total. The Bertz CT molecular complexity index is 1330. The highest BCUT2D eigenvalue weighted by molar-refractivity contribution is 5.94. The van der Waals surface area contributed by atoms with Gasteiger partial charge in [0, 0.05) is 30.3 Å². The molecule has 1 unspecified atom stereocenters. The number of methoxy groups -OCH3 is 1. The van der Waals surface area contributed by atoms with E-state index in [1.54, 1.807) is 36.4 Å². The van der Waals surface area contributed by atoms with Crippen molar-refractivity contribution in [1.82, 2.24) is 10.2 Å². The lowest BCUT2D eigenvalue weighted by molar-refractivity contribution is -0.143. The molecule has 1 heterocycles. The SMILES string of the molecule is COC(=O)C1CCOc2cc(Oc3ccc(C(=O)NCCc4ccc(CN(C)C)cc4)cc3)c(C#N)cc21. The van der Waals surface area contributed by atoms with Gasteiger partial charge in [-0.1, -0.05) is 24.3 Å². The van der Waals surface area contributed by atoms with Crippen molar-refractivity contribution in [2.75, 3.05) is 34.4 Å². The van der Waals surface area contributed by atoms with Crippen LogP contribution in [0.2, 0.25) is 0 Å². The van der Waals surface area contributed by atoms with E-state index in [1.165, 1.54) is 12.7 Å². The number of hydrogen-bond acceptors (Lipinski definition) is 7. The number of fused-ring (bicyclic) bond motifs is 1. The number of esters is 1. The Morgan fingerprint density at radius 2 is 1.79 bits per heavy atom. The molecule has 38 heavy (non-hydrogen) atoms. The third kappa shape index (κ3) is 6.50. The van der Waals surface area contributed by atoms with Crippen LogP contribution >= 0.6 is 0 Å². The fraction of sp³-hybridized carbons (Fsp3) is 0.300. The first-order valence-corrected chi connectivity index (χ1v) is 12.4. The lowest BCUT2D eigenvalue weighted by Gasteiger charge is -2.25. The van der Waals surface area contributed by atoms with E-state index >= 15 is 0 Å². The number of carbonyl (C=O) groups is 2. The topological polar surface area (TPSA) is 101 Å². The Labute approximate surface area is 222 Å². The number of nitrogens with one attached hydrogen (secondary N) is 1. The van der Waals surface area contributed by atoms with Crippen LogP contribution in [0, 0.1) is 11.3 Å². The van der Waals surface area contributed by atoms with Crippen LogP contribution in [0.4, 0.5) is 0 Å². The summed E-state index contributed by atoms with van der Waals surface area (Å²) in [5.41, 5.74) is 3.81. The molecule has 196 valence electrons. The van der Waals surface area contributed by atoms with Crippen molar-refractivity contribution in [3.8, 4) is 23.3 Å². The van der Waals surface area contributed by atoms with Crippen molar-refractivity contribution in [1.29, 1.82) is 5.26 Å². The number of nitrogens with zero attached hydrogens (tertiary/aromatic N) is 2. The molecule has 1 atom stereocenters. The molecule has 3 aromatic rings. The number of nitriles is 1. The molecule has 1 N–H and O–H groups in total. The van der Waals surface area contributed by atoms with Crippen molar-refractivity contribution in [2.24, 2.45) is 0 Å². The van der Waals surface area contributed by atoms with Gasteiger partial charge in [-0.25, -0.2) is 0 Å². The number of amides is 1. The molecule has 0 saturated carbocycles. The summed E-state index contributed by atoms with van der Waals surface area (Å²) in [6, 6.07) is 20.5. The summed E-state index contributed by atoms with van der Waals surface area (Å²) in [5.74, 6) is 0.254. The minimum Gasteiger partial charge on any atom is -0.493 e. The number of rotatable bonds is 9. The van der Waals surface area contributed by atoms with Crippen LogP contribution in [0.15, 0.2) is 60.7 Å². The summed E-state index contributed by atoms with van der Waals surface area (Å²) in [6.07, 6.45) is 1.22. The number of hydrogen-bond donors (Lipinski definition) is 1. The van der Waals surface area contributed by atoms with E-state index in [1.807, 2.05) is 14.1 Å². The van der Waals surface area contributed by atoms with Crippen LogP contribution in [0.5, 0.6) is 17.2 Å². The Morgan fingerprint density at radius 3 is 2.45 bits per heavy atom. The molecule has 0 saturated heterocycles. The zero-order valence-corrected chi connectivity index (χ0v) is 21.8. The quantitative estimate of drug-likeness (QED) is 0.423. The average molecular weight is 514 g/mol. The Kier molecular flexibility index (Phi) is 8.62. The molecule has 1 amide bonds. The van der Waals surface area contributed by atoms with Gasteiger partial charge in [-0.15, -0.1) is 0 Å². The molecule has 0 radical (unpaired) electrons. The molecule has 8 heteroatoms. The average Bonchev–Trinajstić information content (AvgIpc) is 2.92. The molecule has 0 fully saturated rings. The van der Waals surface area contributed by atoms with Gasteiger partial charge in [-0.3, -0.25) is 9.59 Å². The summed E-state index contributed by atoms with van der Waals surface area (Å²) < 4.78 is 16.6. The second-order valence-electron chi connectivity index (χ2n) is 9.40. The van der Waals surface area contributed by atoms with Crippen LogP contribution in [-0.4, -0.2) is 51.1 Å². The summed E-state index contributed by atoms with van der Waals surface area (Å²) in [6.45, 7) is 1.78. The van der Waals surface area contributed by atoms with Gasteiger partial charge in [0.15, 0.2) is 0 Å². The van der Waals surface area contributed by atoms with Gasteiger partial charge in [-0.05, 0) is 68.4 Å². The zero-order valence-electron chi connectivity index (χ0n) is 21.8. The molecular weight excluding hydrogens is 482 g/mol. The van der Waals surface area contributed by atoms with Crippen molar-refractivity contribution >= 4 is 11.9 Å². The molecule has 0 spiro atoms. The third-order valence-electron chi connectivity index (χ3n) is 6.32. The van der Waals surface area contributed by atoms with Crippen LogP contribution in [0.25, 0.3) is 0 Å². The van der Waals surface area contributed by atoms with Crippen LogP contribution in [0.3, 0.4) is 0 Å². The molecule has 0 bridgehead atoms. The molecule has 4 rings (SSSR count). The highest BCUT2D eigenvalue weighted by atomic mass is 16.5. The van der Waals surface area contributed by atoms with Crippen molar-refractivity contribution in [3.05, 3.63) is 88.5 Å². The predicted molar refractivity (Wildman–Crippen MR) is 142 cm³/mol. The van der Waals surface area contributed by atoms with E-state index < -0.39 is 5.92 Å². The minimum absolute atomic E-state index is 0.172. The third-order valence-corrected chi connectivity index (χ3v) is 6.32. The summed E-state index contributed by atoms with van der Waals surface area (Å²) in [7, 11) is 5.42. The van der Waals surface area contributed by atoms with Gasteiger partial charge in [0.2, 0.25) is 0 Å². The van der Waals surface area contributed by atoms with Crippen molar-refractivity contribution < 1.29 is 23.8 Å². The van der Waals surface area contributed by atoms with Crippen LogP contribution in [-0.2, 0) is 22.5 Å². The van der Waals surface area contributed by atoms with Gasteiger partial charge < -0.3 is 24.4 Å². The second-order valence-corrected chi connectivity index (χ2v) is 9.40. The lowest BCUT2D eigenvalue weighted by atomic mass is 9.91. The molecule has 0 aliphatic carbocycles. The van der Waals surface area contributed by atoms with E-state index in [2.05, 4.69) is 40.6 Å². The van der Waals surface area contributed by atoms with E-state index in [4.69, 9.17) is 14.2 Å². The van der Waals surface area contributed by atoms with Gasteiger partial charge in [0.25, 0.3) is 5.91 Å². The van der Waals surface area contributed by atoms with Crippen molar-refractivity contribution in [3.63, 3.8) is 0 Å². The van der Waals surface area contributed by atoms with Crippen LogP contribution in [0.1, 0.15) is 45.0 Å². The van der Waals surface area contributed by atoms with E-state index in [0.29, 0.717) is 47.9 Å². The summed E-state index contributed by atoms with van der Waals surface area (Å²) >= 11 is 0. The Balaban J connectivity index is 1.36. The molecule has 1 aliphatic heterocycles. The summed E-state index contributed by atoms with van der Waals surface area (Å²) in [4.78, 5) is 26.9. The molecule has 0 aromatic heterocycles. The first kappa shape index (κ1) is 26.7. The van der Waals surface area contributed by atoms with Crippen LogP contribution < -0.4 is 14.8 Å². The maximum Gasteiger partial charge on any atom is 0.313 e. The maximum atomic E-state index is 12.6. The first-order chi connectivity index (χ1) is 18.4. The molecule has 1 aliphatic rings. The fourth-order valence-corrected chi connectivity index (χ4v) is 4.38. The smallest absolute Gasteiger partial charge is 0.313 e. The highest BCUT2D eigenvalue weighted by Crippen LogP contribution is 2.40. The molecular formula is C30H31N3O5. The highest BCUT2D eigenvalue weighted by Gasteiger charge is 2.30. The first-order valence-electron chi connectivity index (χ1n) is 12.4. The standard InChI is InChI=1S/C30H31N3O5/c1-33(2)19-21-6-4-20(5-7-21)12-14-32-29(34)22-8-10-24(11-9-22)38-27-17-28-26(16-23(27)18-31)25(13-15-37-28)30(35)36-3/h4-11,16-17,25H,12-15,19H2,1-3H3,(H,32,34). The van der Waals surface area contributed by atoms with Crippen molar-refractivity contribution in [2.45, 2.75) is 25.3 Å². The van der Waals surface area contributed by atoms with Gasteiger partial charge >= 0.3 is 5.97 Å². The number of ether oxygens (including phenoxy) is 3. The predicted octanol–water partition coefficient (Wildman–Crippen LogP) is 4.42. The Hall–Kier alpha value is -4.35. The van der Waals surface area contributed by atoms with Gasteiger partial charge in [-0.2, -0.15) is 5.26 Å². The van der Waals surface area contributed by atoms with E-state index in [9.17, 15) is 14.9 Å². The number of benzene rings is 3. The Morgan fingerprint density at radius 1 is 1.08 bits per heavy atom. The summed E-state index contributed by atoms with van der Waals surface area (Å²) in [5, 5.41) is 12.6. The lowest BCUT2D eigenvalue weighted by Crippen LogP contribution is -2.25. The van der Waals surface area contributed by atoms with Gasteiger partial charge in [0.05, 0.1) is 25.2 Å². The zero-order chi connectivity index (χ0) is 27.1. The number of carbonyl (C=O) groups excluding carboxylic acids is 2. The molecule has 3 aromatic carbocycles. The normalized spacial score (nSPS) is 14.1. The van der Waals surface area contributed by atoms with E-state index in [-0.39, 0.29) is 17.4 Å². The van der Waals surface area contributed by atoms with E-state index in [0.717, 1.165) is 18.5 Å². The monoisotopic (exact) mass is 513 g/mol. The van der Waals surface area contributed by atoms with Gasteiger partial charge in [0.1, 0.15) is 23.3 Å².